The van der Waals surface area contributed by atoms with Gasteiger partial charge in [-0.15, -0.1) is 0 Å². The van der Waals surface area contributed by atoms with Gasteiger partial charge in [-0.1, -0.05) is 23.7 Å². The first kappa shape index (κ1) is 15.3. The smallest absolute Gasteiger partial charge is 0.256 e. The second-order valence-corrected chi connectivity index (χ2v) is 5.15. The molecule has 0 N–H and O–H groups in total. The molecule has 5 heteroatoms. The first-order valence-electron chi connectivity index (χ1n) is 6.62. The van der Waals surface area contributed by atoms with Gasteiger partial charge in [-0.05, 0) is 30.7 Å². The van der Waals surface area contributed by atoms with Crippen LogP contribution in [0.5, 0.6) is 5.75 Å². The molecule has 1 aromatic heterocycles. The van der Waals surface area contributed by atoms with E-state index in [1.165, 1.54) is 6.20 Å². The SMILES string of the molecule is Cc1cccc(OCCN(C)C(=O)c2cnccc2Cl)c1. The van der Waals surface area contributed by atoms with E-state index in [0.29, 0.717) is 23.7 Å². The van der Waals surface area contributed by atoms with E-state index < -0.39 is 0 Å². The van der Waals surface area contributed by atoms with Gasteiger partial charge in [0.05, 0.1) is 17.1 Å². The van der Waals surface area contributed by atoms with Gasteiger partial charge in [0.15, 0.2) is 0 Å². The number of pyridine rings is 1. The molecule has 2 aromatic rings. The standard InChI is InChI=1S/C16H17ClN2O2/c1-12-4-3-5-13(10-12)21-9-8-19(2)16(20)14-11-18-7-6-15(14)17/h3-7,10-11H,8-9H2,1-2H3. The fraction of sp³-hybridized carbons (Fsp3) is 0.250. The predicted molar refractivity (Wildman–Crippen MR) is 82.9 cm³/mol. The van der Waals surface area contributed by atoms with Crippen LogP contribution in [0.2, 0.25) is 5.02 Å². The van der Waals surface area contributed by atoms with E-state index in [1.54, 1.807) is 24.2 Å². The lowest BCUT2D eigenvalue weighted by Crippen LogP contribution is -2.31. The third kappa shape index (κ3) is 4.20. The van der Waals surface area contributed by atoms with Gasteiger partial charge in [-0.25, -0.2) is 0 Å². The summed E-state index contributed by atoms with van der Waals surface area (Å²) in [6, 6.07) is 9.40. The van der Waals surface area contributed by atoms with Crippen LogP contribution >= 0.6 is 11.6 Å². The Morgan fingerprint density at radius 3 is 2.90 bits per heavy atom. The normalized spacial score (nSPS) is 10.2. The van der Waals surface area contributed by atoms with Crippen molar-refractivity contribution in [3.8, 4) is 5.75 Å². The number of halogens is 1. The van der Waals surface area contributed by atoms with Crippen LogP contribution in [0.25, 0.3) is 0 Å². The summed E-state index contributed by atoms with van der Waals surface area (Å²) in [5, 5.41) is 0.404. The highest BCUT2D eigenvalue weighted by Gasteiger charge is 2.14. The molecular weight excluding hydrogens is 288 g/mol. The first-order chi connectivity index (χ1) is 10.1. The largest absolute Gasteiger partial charge is 0.492 e. The molecule has 0 bridgehead atoms. The molecule has 21 heavy (non-hydrogen) atoms. The third-order valence-corrected chi connectivity index (χ3v) is 3.36. The lowest BCUT2D eigenvalue weighted by atomic mass is 10.2. The van der Waals surface area contributed by atoms with Crippen molar-refractivity contribution in [2.75, 3.05) is 20.2 Å². The highest BCUT2D eigenvalue weighted by Crippen LogP contribution is 2.15. The van der Waals surface area contributed by atoms with E-state index in [0.717, 1.165) is 11.3 Å². The van der Waals surface area contributed by atoms with Gasteiger partial charge in [-0.2, -0.15) is 0 Å². The number of rotatable bonds is 5. The molecule has 0 aliphatic rings. The Bertz CT molecular complexity index is 631. The topological polar surface area (TPSA) is 42.4 Å². The summed E-state index contributed by atoms with van der Waals surface area (Å²) in [7, 11) is 1.71. The van der Waals surface area contributed by atoms with Crippen LogP contribution < -0.4 is 4.74 Å². The molecule has 1 aromatic carbocycles. The van der Waals surface area contributed by atoms with E-state index in [2.05, 4.69) is 4.98 Å². The van der Waals surface area contributed by atoms with Crippen LogP contribution in [0.3, 0.4) is 0 Å². The van der Waals surface area contributed by atoms with Gasteiger partial charge < -0.3 is 9.64 Å². The molecule has 0 radical (unpaired) electrons. The third-order valence-electron chi connectivity index (χ3n) is 3.03. The minimum absolute atomic E-state index is 0.166. The molecule has 0 unspecified atom stereocenters. The first-order valence-corrected chi connectivity index (χ1v) is 7.00. The Morgan fingerprint density at radius 2 is 2.19 bits per heavy atom. The predicted octanol–water partition coefficient (Wildman–Crippen LogP) is 3.19. The van der Waals surface area contributed by atoms with Crippen molar-refractivity contribution in [1.29, 1.82) is 0 Å². The maximum absolute atomic E-state index is 12.2. The maximum Gasteiger partial charge on any atom is 0.256 e. The quantitative estimate of drug-likeness (QED) is 0.852. The van der Waals surface area contributed by atoms with E-state index in [9.17, 15) is 4.79 Å². The highest BCUT2D eigenvalue weighted by molar-refractivity contribution is 6.33. The highest BCUT2D eigenvalue weighted by atomic mass is 35.5. The molecule has 0 spiro atoms. The maximum atomic E-state index is 12.2. The van der Waals surface area contributed by atoms with Gasteiger partial charge in [0.1, 0.15) is 12.4 Å². The monoisotopic (exact) mass is 304 g/mol. The number of amides is 1. The molecule has 0 saturated heterocycles. The Hall–Kier alpha value is -2.07. The van der Waals surface area contributed by atoms with Crippen molar-refractivity contribution in [2.24, 2.45) is 0 Å². The molecule has 1 heterocycles. The second kappa shape index (κ2) is 7.09. The number of hydrogen-bond donors (Lipinski definition) is 0. The van der Waals surface area contributed by atoms with Gasteiger partial charge in [0.25, 0.3) is 5.91 Å². The van der Waals surface area contributed by atoms with Gasteiger partial charge >= 0.3 is 0 Å². The number of carbonyl (C=O) groups is 1. The summed E-state index contributed by atoms with van der Waals surface area (Å²) in [5.41, 5.74) is 1.54. The Balaban J connectivity index is 1.89. The van der Waals surface area contributed by atoms with Crippen LogP contribution in [-0.4, -0.2) is 36.0 Å². The van der Waals surface area contributed by atoms with E-state index >= 15 is 0 Å². The van der Waals surface area contributed by atoms with Crippen LogP contribution in [0.4, 0.5) is 0 Å². The molecule has 0 fully saturated rings. The van der Waals surface area contributed by atoms with Crippen molar-refractivity contribution >= 4 is 17.5 Å². The average Bonchev–Trinajstić information content (AvgIpc) is 2.47. The molecular formula is C16H17ClN2O2. The fourth-order valence-electron chi connectivity index (χ4n) is 1.85. The zero-order valence-electron chi connectivity index (χ0n) is 12.0. The number of benzene rings is 1. The number of aryl methyl sites for hydroxylation is 1. The summed E-state index contributed by atoms with van der Waals surface area (Å²) < 4.78 is 5.63. The zero-order valence-corrected chi connectivity index (χ0v) is 12.8. The number of carbonyl (C=O) groups excluding carboxylic acids is 1. The lowest BCUT2D eigenvalue weighted by Gasteiger charge is -2.18. The Kier molecular flexibility index (Phi) is 5.17. The number of aromatic nitrogens is 1. The number of ether oxygens (including phenoxy) is 1. The molecule has 110 valence electrons. The van der Waals surface area contributed by atoms with Crippen molar-refractivity contribution in [2.45, 2.75) is 6.92 Å². The molecule has 0 saturated carbocycles. The number of nitrogens with zero attached hydrogens (tertiary/aromatic N) is 2. The van der Waals surface area contributed by atoms with Gasteiger partial charge in [0, 0.05) is 19.4 Å². The number of likely N-dealkylation sites (N-methyl/N-ethyl adjacent to an activating group) is 1. The summed E-state index contributed by atoms with van der Waals surface area (Å²) in [5.74, 6) is 0.635. The average molecular weight is 305 g/mol. The van der Waals surface area contributed by atoms with Crippen LogP contribution in [0.15, 0.2) is 42.7 Å². The molecule has 0 aliphatic carbocycles. The summed E-state index contributed by atoms with van der Waals surface area (Å²) >= 11 is 5.99. The Labute approximate surface area is 129 Å². The minimum Gasteiger partial charge on any atom is -0.492 e. The van der Waals surface area contributed by atoms with Crippen molar-refractivity contribution in [3.05, 3.63) is 58.9 Å². The van der Waals surface area contributed by atoms with Gasteiger partial charge in [0.2, 0.25) is 0 Å². The fourth-order valence-corrected chi connectivity index (χ4v) is 2.03. The molecule has 0 aliphatic heterocycles. The van der Waals surface area contributed by atoms with Gasteiger partial charge in [-0.3, -0.25) is 9.78 Å². The minimum atomic E-state index is -0.166. The van der Waals surface area contributed by atoms with E-state index in [4.69, 9.17) is 16.3 Å². The van der Waals surface area contributed by atoms with Crippen molar-refractivity contribution in [3.63, 3.8) is 0 Å². The van der Waals surface area contributed by atoms with Crippen molar-refractivity contribution in [1.82, 2.24) is 9.88 Å². The molecule has 0 atom stereocenters. The second-order valence-electron chi connectivity index (χ2n) is 4.75. The summed E-state index contributed by atoms with van der Waals surface area (Å²) in [6.07, 6.45) is 3.03. The van der Waals surface area contributed by atoms with Crippen LogP contribution in [0, 0.1) is 6.92 Å². The Morgan fingerprint density at radius 1 is 1.38 bits per heavy atom. The zero-order chi connectivity index (χ0) is 15.2. The molecule has 2 rings (SSSR count). The van der Waals surface area contributed by atoms with E-state index in [-0.39, 0.29) is 5.91 Å². The van der Waals surface area contributed by atoms with E-state index in [1.807, 2.05) is 31.2 Å². The lowest BCUT2D eigenvalue weighted by molar-refractivity contribution is 0.0773. The van der Waals surface area contributed by atoms with Crippen molar-refractivity contribution < 1.29 is 9.53 Å². The summed E-state index contributed by atoms with van der Waals surface area (Å²) in [4.78, 5) is 17.7. The van der Waals surface area contributed by atoms with Crippen LogP contribution in [0.1, 0.15) is 15.9 Å². The summed E-state index contributed by atoms with van der Waals surface area (Å²) in [6.45, 7) is 2.90. The molecule has 1 amide bonds. The van der Waals surface area contributed by atoms with Crippen LogP contribution in [-0.2, 0) is 0 Å². The molecule has 4 nitrogen and oxygen atoms in total. The number of hydrogen-bond acceptors (Lipinski definition) is 3.